The van der Waals surface area contributed by atoms with Crippen LogP contribution >= 0.6 is 0 Å². The summed E-state index contributed by atoms with van der Waals surface area (Å²) in [4.78, 5) is 12.8. The van der Waals surface area contributed by atoms with Gasteiger partial charge in [-0.05, 0) is 69.0 Å². The Kier molecular flexibility index (Phi) is 6.10. The summed E-state index contributed by atoms with van der Waals surface area (Å²) in [6.45, 7) is 9.98. The van der Waals surface area contributed by atoms with Gasteiger partial charge in [-0.15, -0.1) is 0 Å². The number of nitrogens with one attached hydrogen (secondary N) is 1. The highest BCUT2D eigenvalue weighted by Crippen LogP contribution is 2.40. The molecule has 1 N–H and O–H groups in total. The first kappa shape index (κ1) is 22.4. The van der Waals surface area contributed by atoms with Gasteiger partial charge in [0.05, 0.1) is 13.4 Å². The van der Waals surface area contributed by atoms with Crippen LogP contribution in [0.25, 0.3) is 27.7 Å². The standard InChI is InChI=1S/C29H29NO3/c1-17-8-11-22(12-9-17)25-16-33-29-21(5)28(32-6)23(15-24(25)29)20(4)14-27(31)30-26-13-18(2)7-10-19(26)3/h7-16H,1-6H3,(H,30,31)/b20-14+. The molecular weight excluding hydrogens is 410 g/mol. The first-order chi connectivity index (χ1) is 15.8. The summed E-state index contributed by atoms with van der Waals surface area (Å²) in [5.41, 5.74) is 9.64. The number of benzene rings is 3. The normalized spacial score (nSPS) is 11.6. The average Bonchev–Trinajstić information content (AvgIpc) is 3.21. The predicted octanol–water partition coefficient (Wildman–Crippen LogP) is 7.38. The van der Waals surface area contributed by atoms with E-state index in [2.05, 4.69) is 42.6 Å². The molecule has 4 aromatic rings. The van der Waals surface area contributed by atoms with E-state index in [0.717, 1.165) is 55.6 Å². The molecule has 4 rings (SSSR count). The van der Waals surface area contributed by atoms with Crippen LogP contribution in [-0.2, 0) is 4.79 Å². The maximum Gasteiger partial charge on any atom is 0.248 e. The molecule has 3 aromatic carbocycles. The number of hydrogen-bond acceptors (Lipinski definition) is 3. The molecule has 4 heteroatoms. The lowest BCUT2D eigenvalue weighted by Crippen LogP contribution is -2.10. The average molecular weight is 440 g/mol. The van der Waals surface area contributed by atoms with E-state index in [0.29, 0.717) is 5.75 Å². The zero-order valence-corrected chi connectivity index (χ0v) is 20.0. The van der Waals surface area contributed by atoms with Crippen LogP contribution in [0.2, 0.25) is 0 Å². The van der Waals surface area contributed by atoms with Gasteiger partial charge in [-0.3, -0.25) is 4.79 Å². The fourth-order valence-electron chi connectivity index (χ4n) is 4.14. The second-order valence-corrected chi connectivity index (χ2v) is 8.61. The maximum atomic E-state index is 12.8. The third-order valence-electron chi connectivity index (χ3n) is 6.03. The molecule has 0 atom stereocenters. The van der Waals surface area contributed by atoms with Crippen molar-refractivity contribution in [1.29, 1.82) is 0 Å². The Morgan fingerprint density at radius 1 is 0.970 bits per heavy atom. The molecule has 0 saturated carbocycles. The number of hydrogen-bond donors (Lipinski definition) is 1. The highest BCUT2D eigenvalue weighted by molar-refractivity contribution is 6.06. The van der Waals surface area contributed by atoms with Crippen LogP contribution in [0, 0.1) is 27.7 Å². The Morgan fingerprint density at radius 2 is 1.67 bits per heavy atom. The van der Waals surface area contributed by atoms with E-state index in [1.54, 1.807) is 19.4 Å². The zero-order chi connectivity index (χ0) is 23.7. The highest BCUT2D eigenvalue weighted by atomic mass is 16.5. The Balaban J connectivity index is 1.76. The molecule has 0 aliphatic heterocycles. The number of anilines is 1. The molecule has 0 radical (unpaired) electrons. The number of carbonyl (C=O) groups excluding carboxylic acids is 1. The van der Waals surface area contributed by atoms with Crippen molar-refractivity contribution in [2.24, 2.45) is 0 Å². The van der Waals surface area contributed by atoms with Gasteiger partial charge < -0.3 is 14.5 Å². The smallest absolute Gasteiger partial charge is 0.248 e. The summed E-state index contributed by atoms with van der Waals surface area (Å²) in [5.74, 6) is 0.535. The third kappa shape index (κ3) is 4.42. The van der Waals surface area contributed by atoms with Crippen LogP contribution < -0.4 is 10.1 Å². The number of aryl methyl sites for hydroxylation is 4. The molecule has 33 heavy (non-hydrogen) atoms. The van der Waals surface area contributed by atoms with Crippen LogP contribution in [0.3, 0.4) is 0 Å². The molecule has 0 fully saturated rings. The Labute approximate surface area is 194 Å². The molecule has 0 bridgehead atoms. The lowest BCUT2D eigenvalue weighted by molar-refractivity contribution is -0.111. The highest BCUT2D eigenvalue weighted by Gasteiger charge is 2.19. The van der Waals surface area contributed by atoms with Crippen molar-refractivity contribution >= 4 is 28.1 Å². The quantitative estimate of drug-likeness (QED) is 0.330. The van der Waals surface area contributed by atoms with Crippen molar-refractivity contribution in [2.75, 3.05) is 12.4 Å². The van der Waals surface area contributed by atoms with Gasteiger partial charge >= 0.3 is 0 Å². The van der Waals surface area contributed by atoms with E-state index < -0.39 is 0 Å². The molecule has 0 aliphatic carbocycles. The van der Waals surface area contributed by atoms with Gasteiger partial charge in [-0.25, -0.2) is 0 Å². The fraction of sp³-hybridized carbons (Fsp3) is 0.207. The summed E-state index contributed by atoms with van der Waals surface area (Å²) in [6, 6.07) is 16.4. The molecule has 0 unspecified atom stereocenters. The summed E-state index contributed by atoms with van der Waals surface area (Å²) in [6.07, 6.45) is 3.41. The van der Waals surface area contributed by atoms with Gasteiger partial charge in [0.1, 0.15) is 11.3 Å². The van der Waals surface area contributed by atoms with Crippen LogP contribution in [0.5, 0.6) is 5.75 Å². The van der Waals surface area contributed by atoms with Gasteiger partial charge in [0.25, 0.3) is 0 Å². The van der Waals surface area contributed by atoms with E-state index >= 15 is 0 Å². The summed E-state index contributed by atoms with van der Waals surface area (Å²) in [7, 11) is 1.64. The lowest BCUT2D eigenvalue weighted by atomic mass is 9.96. The predicted molar refractivity (Wildman–Crippen MR) is 136 cm³/mol. The number of methoxy groups -OCH3 is 1. The van der Waals surface area contributed by atoms with Crippen molar-refractivity contribution in [3.63, 3.8) is 0 Å². The Hall–Kier alpha value is -3.79. The molecule has 4 nitrogen and oxygen atoms in total. The topological polar surface area (TPSA) is 51.5 Å². The number of fused-ring (bicyclic) bond motifs is 1. The molecular formula is C29H29NO3. The minimum atomic E-state index is -0.174. The largest absolute Gasteiger partial charge is 0.496 e. The molecule has 168 valence electrons. The monoisotopic (exact) mass is 439 g/mol. The summed E-state index contributed by atoms with van der Waals surface area (Å²) >= 11 is 0. The SMILES string of the molecule is COc1c(/C(C)=C/C(=O)Nc2cc(C)ccc2C)cc2c(-c3ccc(C)cc3)coc2c1C. The van der Waals surface area contributed by atoms with Crippen molar-refractivity contribution in [1.82, 2.24) is 0 Å². The minimum Gasteiger partial charge on any atom is -0.496 e. The number of rotatable bonds is 5. The third-order valence-corrected chi connectivity index (χ3v) is 6.03. The van der Waals surface area contributed by atoms with Gasteiger partial charge in [0, 0.05) is 33.8 Å². The van der Waals surface area contributed by atoms with E-state index in [1.807, 2.05) is 45.9 Å². The molecule has 1 amide bonds. The van der Waals surface area contributed by atoms with Crippen LogP contribution in [0.15, 0.2) is 65.3 Å². The number of furan rings is 1. The first-order valence-corrected chi connectivity index (χ1v) is 11.0. The number of allylic oxidation sites excluding steroid dienone is 1. The molecule has 0 saturated heterocycles. The van der Waals surface area contributed by atoms with Gasteiger partial charge in [0.2, 0.25) is 5.91 Å². The van der Waals surface area contributed by atoms with Crippen LogP contribution in [0.1, 0.15) is 34.7 Å². The Morgan fingerprint density at radius 3 is 2.36 bits per heavy atom. The number of carbonyl (C=O) groups is 1. The van der Waals surface area contributed by atoms with Crippen LogP contribution in [-0.4, -0.2) is 13.0 Å². The minimum absolute atomic E-state index is 0.174. The second kappa shape index (κ2) is 8.99. The number of amides is 1. The lowest BCUT2D eigenvalue weighted by Gasteiger charge is -2.14. The second-order valence-electron chi connectivity index (χ2n) is 8.61. The van der Waals surface area contributed by atoms with E-state index in [4.69, 9.17) is 9.15 Å². The van der Waals surface area contributed by atoms with E-state index in [1.165, 1.54) is 5.56 Å². The van der Waals surface area contributed by atoms with Gasteiger partial charge in [0.15, 0.2) is 0 Å². The fourth-order valence-corrected chi connectivity index (χ4v) is 4.14. The molecule has 0 spiro atoms. The first-order valence-electron chi connectivity index (χ1n) is 11.0. The summed E-state index contributed by atoms with van der Waals surface area (Å²) < 4.78 is 11.7. The van der Waals surface area contributed by atoms with Crippen molar-refractivity contribution in [3.8, 4) is 16.9 Å². The summed E-state index contributed by atoms with van der Waals surface area (Å²) in [5, 5.41) is 4.00. The van der Waals surface area contributed by atoms with Crippen molar-refractivity contribution < 1.29 is 13.9 Å². The van der Waals surface area contributed by atoms with Gasteiger partial charge in [-0.2, -0.15) is 0 Å². The molecule has 0 aliphatic rings. The zero-order valence-electron chi connectivity index (χ0n) is 20.0. The molecule has 1 heterocycles. The van der Waals surface area contributed by atoms with Gasteiger partial charge in [-0.1, -0.05) is 42.0 Å². The van der Waals surface area contributed by atoms with Crippen LogP contribution in [0.4, 0.5) is 5.69 Å². The maximum absolute atomic E-state index is 12.8. The molecule has 1 aromatic heterocycles. The number of ether oxygens (including phenoxy) is 1. The Bertz CT molecular complexity index is 1370. The van der Waals surface area contributed by atoms with E-state index in [9.17, 15) is 4.79 Å². The van der Waals surface area contributed by atoms with Crippen molar-refractivity contribution in [3.05, 3.63) is 88.7 Å². The van der Waals surface area contributed by atoms with E-state index in [-0.39, 0.29) is 5.91 Å². The van der Waals surface area contributed by atoms with Crippen molar-refractivity contribution in [2.45, 2.75) is 34.6 Å².